The van der Waals surface area contributed by atoms with E-state index in [1.807, 2.05) is 13.0 Å². The molecule has 3 aromatic rings. The van der Waals surface area contributed by atoms with E-state index in [1.165, 1.54) is 24.3 Å². The number of anilines is 1. The lowest BCUT2D eigenvalue weighted by atomic mass is 9.89. The molecule has 0 atom stereocenters. The van der Waals surface area contributed by atoms with E-state index in [0.29, 0.717) is 40.9 Å². The number of rotatable bonds is 7. The molecular weight excluding hydrogens is 454 g/mol. The Hall–Kier alpha value is -3.46. The van der Waals surface area contributed by atoms with Crippen molar-refractivity contribution in [2.75, 3.05) is 11.3 Å². The molecule has 2 N–H and O–H groups in total. The molecule has 0 radical (unpaired) electrons. The van der Waals surface area contributed by atoms with E-state index in [2.05, 4.69) is 14.9 Å². The van der Waals surface area contributed by atoms with Crippen LogP contribution >= 0.6 is 0 Å². The molecule has 0 saturated carbocycles. The minimum absolute atomic E-state index is 0.152. The first kappa shape index (κ1) is 23.7. The summed E-state index contributed by atoms with van der Waals surface area (Å²) < 4.78 is 34.3. The number of hydrogen-bond acceptors (Lipinski definition) is 6. The Labute approximate surface area is 198 Å². The highest BCUT2D eigenvalue weighted by molar-refractivity contribution is 7.92. The summed E-state index contributed by atoms with van der Waals surface area (Å²) in [5, 5.41) is 6.84. The van der Waals surface area contributed by atoms with Crippen molar-refractivity contribution >= 4 is 21.7 Å². The van der Waals surface area contributed by atoms with Crippen molar-refractivity contribution in [3.63, 3.8) is 0 Å². The molecule has 0 amide bonds. The molecule has 2 aromatic carbocycles. The van der Waals surface area contributed by atoms with Gasteiger partial charge in [-0.2, -0.15) is 5.10 Å². The molecule has 0 fully saturated rings. The third-order valence-corrected chi connectivity index (χ3v) is 7.42. The second kappa shape index (κ2) is 9.80. The molecule has 1 heterocycles. The summed E-state index contributed by atoms with van der Waals surface area (Å²) in [6.45, 7) is 3.87. The lowest BCUT2D eigenvalue weighted by Crippen LogP contribution is -2.21. The third-order valence-electron chi connectivity index (χ3n) is 5.96. The van der Waals surface area contributed by atoms with Crippen molar-refractivity contribution in [2.45, 2.75) is 50.8 Å². The van der Waals surface area contributed by atoms with E-state index in [0.717, 1.165) is 30.4 Å². The molecule has 4 rings (SSSR count). The number of H-pyrrole nitrogens is 1. The number of esters is 1. The third kappa shape index (κ3) is 4.75. The minimum Gasteiger partial charge on any atom is -0.462 e. The van der Waals surface area contributed by atoms with Crippen LogP contribution in [-0.4, -0.2) is 31.2 Å². The number of aromatic nitrogens is 2. The van der Waals surface area contributed by atoms with Gasteiger partial charge in [0.1, 0.15) is 0 Å². The second-order valence-electron chi connectivity index (χ2n) is 8.14. The van der Waals surface area contributed by atoms with Gasteiger partial charge in [0.15, 0.2) is 0 Å². The largest absolute Gasteiger partial charge is 0.462 e. The molecule has 1 aromatic heterocycles. The number of aryl methyl sites for hydroxylation is 1. The van der Waals surface area contributed by atoms with Gasteiger partial charge in [-0.05, 0) is 80.5 Å². The topological polar surface area (TPSA) is 118 Å². The zero-order valence-corrected chi connectivity index (χ0v) is 20.0. The summed E-state index contributed by atoms with van der Waals surface area (Å²) in [6.07, 6.45) is 3.88. The molecule has 1 aliphatic carbocycles. The van der Waals surface area contributed by atoms with Gasteiger partial charge in [0.05, 0.1) is 22.8 Å². The Morgan fingerprint density at radius 3 is 2.44 bits per heavy atom. The zero-order chi connectivity index (χ0) is 24.3. The van der Waals surface area contributed by atoms with Gasteiger partial charge in [-0.25, -0.2) is 18.3 Å². The molecule has 0 spiro atoms. The van der Waals surface area contributed by atoms with Crippen LogP contribution in [0.3, 0.4) is 0 Å². The Morgan fingerprint density at radius 1 is 1.06 bits per heavy atom. The maximum atomic E-state index is 13.3. The van der Waals surface area contributed by atoms with Crippen molar-refractivity contribution in [1.29, 1.82) is 0 Å². The number of fused-ring (bicyclic) bond motifs is 1. The average molecular weight is 482 g/mol. The van der Waals surface area contributed by atoms with Crippen molar-refractivity contribution in [1.82, 2.24) is 10.2 Å². The monoisotopic (exact) mass is 481 g/mol. The van der Waals surface area contributed by atoms with Crippen molar-refractivity contribution in [3.8, 4) is 11.3 Å². The van der Waals surface area contributed by atoms with Crippen LogP contribution in [0.25, 0.3) is 11.3 Å². The molecule has 1 aliphatic rings. The Morgan fingerprint density at radius 2 is 1.76 bits per heavy atom. The summed E-state index contributed by atoms with van der Waals surface area (Å²) in [7, 11) is -3.93. The zero-order valence-electron chi connectivity index (χ0n) is 19.2. The van der Waals surface area contributed by atoms with E-state index in [-0.39, 0.29) is 17.1 Å². The molecular formula is C25H27N3O5S. The number of aromatic amines is 1. The molecule has 34 heavy (non-hydrogen) atoms. The van der Waals surface area contributed by atoms with E-state index in [1.54, 1.807) is 19.1 Å². The number of carbonyl (C=O) groups is 1. The van der Waals surface area contributed by atoms with Gasteiger partial charge in [0.2, 0.25) is 0 Å². The number of sulfonamides is 1. The number of hydrogen-bond donors (Lipinski definition) is 2. The van der Waals surface area contributed by atoms with Gasteiger partial charge in [-0.1, -0.05) is 19.1 Å². The molecule has 9 heteroatoms. The molecule has 178 valence electrons. The Kier molecular flexibility index (Phi) is 6.83. The highest BCUT2D eigenvalue weighted by Crippen LogP contribution is 2.31. The molecule has 0 bridgehead atoms. The number of nitrogens with one attached hydrogen (secondary N) is 2. The van der Waals surface area contributed by atoms with Crippen LogP contribution in [0, 0.1) is 0 Å². The van der Waals surface area contributed by atoms with E-state index >= 15 is 0 Å². The van der Waals surface area contributed by atoms with Gasteiger partial charge < -0.3 is 4.74 Å². The standard InChI is InChI=1S/C25H27N3O5S/c1-3-16-9-10-18(23-20-7-5-6-8-21(20)24(29)27-26-23)15-22(16)34(31,32)28-19-13-11-17(12-14-19)25(30)33-4-2/h9-15,28H,3-8H2,1-2H3,(H,27,29). The quantitative estimate of drug-likeness (QED) is 0.495. The number of ether oxygens (including phenoxy) is 1. The van der Waals surface area contributed by atoms with Crippen LogP contribution in [-0.2, 0) is 34.0 Å². The lowest BCUT2D eigenvalue weighted by molar-refractivity contribution is 0.0526. The summed E-state index contributed by atoms with van der Waals surface area (Å²) >= 11 is 0. The fourth-order valence-electron chi connectivity index (χ4n) is 4.24. The van der Waals surface area contributed by atoms with Gasteiger partial charge in [0.25, 0.3) is 15.6 Å². The van der Waals surface area contributed by atoms with Crippen LogP contribution in [0.1, 0.15) is 53.7 Å². The van der Waals surface area contributed by atoms with Crippen molar-refractivity contribution in [3.05, 3.63) is 75.1 Å². The fraction of sp³-hybridized carbons (Fsp3) is 0.320. The summed E-state index contributed by atoms with van der Waals surface area (Å²) in [5.74, 6) is -0.463. The van der Waals surface area contributed by atoms with Gasteiger partial charge in [-0.15, -0.1) is 0 Å². The molecule has 0 aliphatic heterocycles. The summed E-state index contributed by atoms with van der Waals surface area (Å²) in [4.78, 5) is 24.2. The van der Waals surface area contributed by atoms with E-state index < -0.39 is 16.0 Å². The van der Waals surface area contributed by atoms with Crippen LogP contribution < -0.4 is 10.3 Å². The van der Waals surface area contributed by atoms with E-state index in [9.17, 15) is 18.0 Å². The van der Waals surface area contributed by atoms with Gasteiger partial charge in [0, 0.05) is 16.8 Å². The smallest absolute Gasteiger partial charge is 0.338 e. The van der Waals surface area contributed by atoms with Crippen LogP contribution in [0.2, 0.25) is 0 Å². The number of benzene rings is 2. The van der Waals surface area contributed by atoms with Crippen LogP contribution in [0.15, 0.2) is 52.2 Å². The number of nitrogens with zero attached hydrogens (tertiary/aromatic N) is 1. The predicted molar refractivity (Wildman–Crippen MR) is 130 cm³/mol. The summed E-state index contributed by atoms with van der Waals surface area (Å²) in [6, 6.07) is 11.3. The van der Waals surface area contributed by atoms with Crippen LogP contribution in [0.5, 0.6) is 0 Å². The molecule has 0 saturated heterocycles. The second-order valence-corrected chi connectivity index (χ2v) is 9.80. The van der Waals surface area contributed by atoms with Gasteiger partial charge >= 0.3 is 5.97 Å². The highest BCUT2D eigenvalue weighted by atomic mass is 32.2. The first-order valence-corrected chi connectivity index (χ1v) is 12.9. The van der Waals surface area contributed by atoms with Gasteiger partial charge in [-0.3, -0.25) is 9.52 Å². The van der Waals surface area contributed by atoms with Crippen LogP contribution in [0.4, 0.5) is 5.69 Å². The van der Waals surface area contributed by atoms with Crippen molar-refractivity contribution < 1.29 is 17.9 Å². The molecule has 8 nitrogen and oxygen atoms in total. The lowest BCUT2D eigenvalue weighted by Gasteiger charge is -2.18. The predicted octanol–water partition coefficient (Wildman–Crippen LogP) is 3.86. The fourth-order valence-corrected chi connectivity index (χ4v) is 5.64. The Bertz CT molecular complexity index is 1380. The molecule has 0 unspecified atom stereocenters. The van der Waals surface area contributed by atoms with E-state index in [4.69, 9.17) is 4.74 Å². The average Bonchev–Trinajstić information content (AvgIpc) is 2.84. The first-order chi connectivity index (χ1) is 16.3. The number of carbonyl (C=O) groups excluding carboxylic acids is 1. The van der Waals surface area contributed by atoms with Crippen molar-refractivity contribution in [2.24, 2.45) is 0 Å². The maximum absolute atomic E-state index is 13.3. The first-order valence-electron chi connectivity index (χ1n) is 11.4. The summed E-state index contributed by atoms with van der Waals surface area (Å²) in [5.41, 5.74) is 4.05. The Balaban J connectivity index is 1.70. The minimum atomic E-state index is -3.93. The highest BCUT2D eigenvalue weighted by Gasteiger charge is 2.23. The SMILES string of the molecule is CCOC(=O)c1ccc(NS(=O)(=O)c2cc(-c3n[nH]c(=O)c4c3CCCC4)ccc2CC)cc1. The maximum Gasteiger partial charge on any atom is 0.338 e. The normalized spacial score (nSPS) is 13.2.